The van der Waals surface area contributed by atoms with E-state index in [2.05, 4.69) is 26.8 Å². The Labute approximate surface area is 112 Å². The van der Waals surface area contributed by atoms with Crippen LogP contribution < -0.4 is 9.64 Å². The van der Waals surface area contributed by atoms with Gasteiger partial charge in [-0.1, -0.05) is 0 Å². The Bertz CT molecular complexity index is 579. The van der Waals surface area contributed by atoms with Crippen molar-refractivity contribution in [2.75, 3.05) is 45.2 Å². The summed E-state index contributed by atoms with van der Waals surface area (Å²) in [4.78, 5) is 13.5. The summed E-state index contributed by atoms with van der Waals surface area (Å²) in [6.45, 7) is 4.16. The number of nitrogens with zero attached hydrogens (tertiary/aromatic N) is 4. The van der Waals surface area contributed by atoms with E-state index in [0.29, 0.717) is 0 Å². The number of piperazine rings is 1. The van der Waals surface area contributed by atoms with E-state index >= 15 is 0 Å². The fourth-order valence-electron chi connectivity index (χ4n) is 2.42. The first-order chi connectivity index (χ1) is 9.28. The molecular formula is C14H18N4O. The molecule has 0 radical (unpaired) electrons. The summed E-state index contributed by atoms with van der Waals surface area (Å²) in [5.74, 6) is 1.86. The predicted octanol–water partition coefficient (Wildman–Crippen LogP) is 1.39. The highest BCUT2D eigenvalue weighted by Crippen LogP contribution is 2.26. The molecule has 0 amide bonds. The molecule has 2 aromatic rings. The van der Waals surface area contributed by atoms with Crippen LogP contribution in [0.5, 0.6) is 5.75 Å². The van der Waals surface area contributed by atoms with Gasteiger partial charge in [-0.15, -0.1) is 0 Å². The number of benzene rings is 1. The number of methoxy groups -OCH3 is 1. The number of rotatable bonds is 2. The molecule has 1 aliphatic rings. The van der Waals surface area contributed by atoms with Gasteiger partial charge >= 0.3 is 0 Å². The van der Waals surface area contributed by atoms with E-state index in [9.17, 15) is 0 Å². The van der Waals surface area contributed by atoms with Gasteiger partial charge in [0.2, 0.25) is 0 Å². The average molecular weight is 258 g/mol. The molecule has 100 valence electrons. The van der Waals surface area contributed by atoms with E-state index < -0.39 is 0 Å². The van der Waals surface area contributed by atoms with Crippen molar-refractivity contribution in [1.29, 1.82) is 0 Å². The molecule has 0 spiro atoms. The SMILES string of the molecule is COc1ccc2c(N3CCN(C)CC3)ncnc2c1. The minimum atomic E-state index is 0.829. The minimum Gasteiger partial charge on any atom is -0.497 e. The van der Waals surface area contributed by atoms with Gasteiger partial charge in [-0.05, 0) is 19.2 Å². The molecule has 0 unspecified atom stereocenters. The fourth-order valence-corrected chi connectivity index (χ4v) is 2.42. The number of hydrogen-bond acceptors (Lipinski definition) is 5. The summed E-state index contributed by atoms with van der Waals surface area (Å²) in [5, 5.41) is 1.09. The second-order valence-electron chi connectivity index (χ2n) is 4.87. The Balaban J connectivity index is 1.99. The van der Waals surface area contributed by atoms with Crippen molar-refractivity contribution in [3.05, 3.63) is 24.5 Å². The number of anilines is 1. The van der Waals surface area contributed by atoms with Crippen LogP contribution in [0.2, 0.25) is 0 Å². The zero-order valence-corrected chi connectivity index (χ0v) is 11.3. The minimum absolute atomic E-state index is 0.829. The maximum atomic E-state index is 5.24. The highest BCUT2D eigenvalue weighted by Gasteiger charge is 2.17. The first-order valence-corrected chi connectivity index (χ1v) is 6.50. The van der Waals surface area contributed by atoms with Crippen molar-refractivity contribution >= 4 is 16.7 Å². The van der Waals surface area contributed by atoms with E-state index in [1.807, 2.05) is 18.2 Å². The second-order valence-corrected chi connectivity index (χ2v) is 4.87. The largest absolute Gasteiger partial charge is 0.497 e. The highest BCUT2D eigenvalue weighted by atomic mass is 16.5. The lowest BCUT2D eigenvalue weighted by Crippen LogP contribution is -2.44. The van der Waals surface area contributed by atoms with Crippen LogP contribution in [0.1, 0.15) is 0 Å². The van der Waals surface area contributed by atoms with Crippen LogP contribution in [0.3, 0.4) is 0 Å². The predicted molar refractivity (Wildman–Crippen MR) is 75.8 cm³/mol. The van der Waals surface area contributed by atoms with Crippen LogP contribution >= 0.6 is 0 Å². The first-order valence-electron chi connectivity index (χ1n) is 6.50. The monoisotopic (exact) mass is 258 g/mol. The van der Waals surface area contributed by atoms with Crippen molar-refractivity contribution in [2.24, 2.45) is 0 Å². The van der Waals surface area contributed by atoms with E-state index in [1.54, 1.807) is 13.4 Å². The van der Waals surface area contributed by atoms with Crippen molar-refractivity contribution in [3.63, 3.8) is 0 Å². The molecule has 0 aliphatic carbocycles. The lowest BCUT2D eigenvalue weighted by Gasteiger charge is -2.33. The molecule has 1 fully saturated rings. The van der Waals surface area contributed by atoms with Crippen LogP contribution in [0.4, 0.5) is 5.82 Å². The third kappa shape index (κ3) is 2.33. The van der Waals surface area contributed by atoms with Gasteiger partial charge in [0.05, 0.1) is 12.6 Å². The molecule has 1 aromatic heterocycles. The second kappa shape index (κ2) is 5.01. The fraction of sp³-hybridized carbons (Fsp3) is 0.429. The number of aromatic nitrogens is 2. The van der Waals surface area contributed by atoms with Crippen LogP contribution in [0, 0.1) is 0 Å². The van der Waals surface area contributed by atoms with Crippen molar-refractivity contribution < 1.29 is 4.74 Å². The molecular weight excluding hydrogens is 240 g/mol. The van der Waals surface area contributed by atoms with Crippen molar-refractivity contribution in [1.82, 2.24) is 14.9 Å². The number of fused-ring (bicyclic) bond motifs is 1. The average Bonchev–Trinajstić information content (AvgIpc) is 2.47. The molecule has 3 rings (SSSR count). The maximum Gasteiger partial charge on any atom is 0.139 e. The molecule has 0 N–H and O–H groups in total. The number of ether oxygens (including phenoxy) is 1. The number of hydrogen-bond donors (Lipinski definition) is 0. The summed E-state index contributed by atoms with van der Waals surface area (Å²) in [5.41, 5.74) is 0.934. The lowest BCUT2D eigenvalue weighted by molar-refractivity contribution is 0.312. The van der Waals surface area contributed by atoms with Gasteiger partial charge < -0.3 is 14.5 Å². The lowest BCUT2D eigenvalue weighted by atomic mass is 10.2. The molecule has 1 aromatic carbocycles. The van der Waals surface area contributed by atoms with Crippen molar-refractivity contribution in [2.45, 2.75) is 0 Å². The van der Waals surface area contributed by atoms with Gasteiger partial charge in [0.15, 0.2) is 0 Å². The summed E-state index contributed by atoms with van der Waals surface area (Å²) >= 11 is 0. The van der Waals surface area contributed by atoms with Gasteiger partial charge in [-0.25, -0.2) is 9.97 Å². The standard InChI is InChI=1S/C14H18N4O/c1-17-5-7-18(8-6-17)14-12-4-3-11(19-2)9-13(12)15-10-16-14/h3-4,9-10H,5-8H2,1-2H3. The molecule has 5 heteroatoms. The van der Waals surface area contributed by atoms with E-state index in [-0.39, 0.29) is 0 Å². The molecule has 1 saturated heterocycles. The van der Waals surface area contributed by atoms with Gasteiger partial charge in [-0.2, -0.15) is 0 Å². The van der Waals surface area contributed by atoms with E-state index in [1.165, 1.54) is 0 Å². The maximum absolute atomic E-state index is 5.24. The molecule has 5 nitrogen and oxygen atoms in total. The molecule has 19 heavy (non-hydrogen) atoms. The Morgan fingerprint density at radius 1 is 1.11 bits per heavy atom. The molecule has 0 bridgehead atoms. The van der Waals surface area contributed by atoms with Gasteiger partial charge in [-0.3, -0.25) is 0 Å². The van der Waals surface area contributed by atoms with Crippen LogP contribution in [0.15, 0.2) is 24.5 Å². The summed E-state index contributed by atoms with van der Waals surface area (Å²) < 4.78 is 5.24. The number of likely N-dealkylation sites (N-methyl/N-ethyl adjacent to an activating group) is 1. The normalized spacial score (nSPS) is 16.8. The van der Waals surface area contributed by atoms with Crippen LogP contribution in [-0.4, -0.2) is 55.2 Å². The molecule has 2 heterocycles. The smallest absolute Gasteiger partial charge is 0.139 e. The summed E-state index contributed by atoms with van der Waals surface area (Å²) in [6.07, 6.45) is 1.63. The zero-order valence-electron chi connectivity index (χ0n) is 11.3. The zero-order chi connectivity index (χ0) is 13.2. The Kier molecular flexibility index (Phi) is 3.21. The quantitative estimate of drug-likeness (QED) is 0.814. The first kappa shape index (κ1) is 12.2. The van der Waals surface area contributed by atoms with Gasteiger partial charge in [0.1, 0.15) is 17.9 Å². The third-order valence-corrected chi connectivity index (χ3v) is 3.63. The van der Waals surface area contributed by atoms with E-state index in [0.717, 1.165) is 48.6 Å². The third-order valence-electron chi connectivity index (χ3n) is 3.63. The van der Waals surface area contributed by atoms with Crippen molar-refractivity contribution in [3.8, 4) is 5.75 Å². The van der Waals surface area contributed by atoms with Gasteiger partial charge in [0.25, 0.3) is 0 Å². The molecule has 1 aliphatic heterocycles. The molecule has 0 saturated carbocycles. The Morgan fingerprint density at radius 3 is 2.63 bits per heavy atom. The summed E-state index contributed by atoms with van der Waals surface area (Å²) in [6, 6.07) is 5.96. The highest BCUT2D eigenvalue weighted by molar-refractivity contribution is 5.90. The topological polar surface area (TPSA) is 41.5 Å². The Hall–Kier alpha value is -1.88. The van der Waals surface area contributed by atoms with Gasteiger partial charge in [0, 0.05) is 37.6 Å². The van der Waals surface area contributed by atoms with Crippen LogP contribution in [0.25, 0.3) is 10.9 Å². The Morgan fingerprint density at radius 2 is 1.89 bits per heavy atom. The van der Waals surface area contributed by atoms with Crippen LogP contribution in [-0.2, 0) is 0 Å². The summed E-state index contributed by atoms with van der Waals surface area (Å²) in [7, 11) is 3.82. The molecule has 0 atom stereocenters. The van der Waals surface area contributed by atoms with E-state index in [4.69, 9.17) is 4.74 Å².